The van der Waals surface area contributed by atoms with Crippen LogP contribution in [-0.2, 0) is 4.79 Å². The maximum Gasteiger partial charge on any atom is 0.227 e. The van der Waals surface area contributed by atoms with Crippen molar-refractivity contribution in [2.75, 3.05) is 5.75 Å². The fourth-order valence-corrected chi connectivity index (χ4v) is 3.27. The Morgan fingerprint density at radius 1 is 1.19 bits per heavy atom. The van der Waals surface area contributed by atoms with Crippen LogP contribution in [0.5, 0.6) is 0 Å². The average molecular weight is 300 g/mol. The summed E-state index contributed by atoms with van der Waals surface area (Å²) in [4.78, 5) is 11.0. The van der Waals surface area contributed by atoms with Crippen molar-refractivity contribution < 1.29 is 4.79 Å². The zero-order chi connectivity index (χ0) is 15.1. The number of rotatable bonds is 3. The van der Waals surface area contributed by atoms with Crippen LogP contribution in [0.1, 0.15) is 16.7 Å². The Kier molecular flexibility index (Phi) is 3.33. The number of carbonyl (C=O) groups is 1. The molecule has 2 heterocycles. The first kappa shape index (κ1) is 13.9. The highest BCUT2D eigenvalue weighted by Crippen LogP contribution is 2.28. The average Bonchev–Trinajstić information content (AvgIpc) is 2.83. The van der Waals surface area contributed by atoms with E-state index in [1.54, 1.807) is 0 Å². The minimum Gasteiger partial charge on any atom is -0.369 e. The molecule has 21 heavy (non-hydrogen) atoms. The minimum absolute atomic E-state index is 0.195. The summed E-state index contributed by atoms with van der Waals surface area (Å²) in [6.45, 7) is 6.19. The molecule has 0 spiro atoms. The second-order valence-electron chi connectivity index (χ2n) is 5.24. The first-order chi connectivity index (χ1) is 9.97. The molecule has 0 aliphatic rings. The normalized spacial score (nSPS) is 11.4. The van der Waals surface area contributed by atoms with Gasteiger partial charge in [0.1, 0.15) is 0 Å². The molecule has 3 rings (SSSR count). The molecule has 108 valence electrons. The van der Waals surface area contributed by atoms with Crippen LogP contribution in [0.2, 0.25) is 0 Å². The van der Waals surface area contributed by atoms with Crippen molar-refractivity contribution in [1.29, 1.82) is 0 Å². The van der Waals surface area contributed by atoms with E-state index in [-0.39, 0.29) is 11.7 Å². The fourth-order valence-electron chi connectivity index (χ4n) is 2.58. The Labute approximate surface area is 126 Å². The van der Waals surface area contributed by atoms with Gasteiger partial charge in [0.25, 0.3) is 0 Å². The molecule has 5 nitrogen and oxygen atoms in total. The van der Waals surface area contributed by atoms with Crippen LogP contribution in [0, 0.1) is 20.8 Å². The molecule has 0 saturated carbocycles. The Hall–Kier alpha value is -2.08. The van der Waals surface area contributed by atoms with Crippen molar-refractivity contribution in [3.05, 3.63) is 34.9 Å². The van der Waals surface area contributed by atoms with E-state index in [1.165, 1.54) is 28.3 Å². The van der Waals surface area contributed by atoms with Crippen LogP contribution >= 0.6 is 11.8 Å². The maximum absolute atomic E-state index is 11.0. The third-order valence-corrected chi connectivity index (χ3v) is 4.39. The van der Waals surface area contributed by atoms with E-state index in [4.69, 9.17) is 5.73 Å². The van der Waals surface area contributed by atoms with E-state index in [1.807, 2.05) is 11.3 Å². The van der Waals surface area contributed by atoms with Crippen LogP contribution in [0.25, 0.3) is 16.6 Å². The second-order valence-corrected chi connectivity index (χ2v) is 6.18. The number of nitrogens with zero attached hydrogens (tertiary/aromatic N) is 3. The molecule has 0 saturated heterocycles. The van der Waals surface area contributed by atoms with Gasteiger partial charge >= 0.3 is 0 Å². The van der Waals surface area contributed by atoms with Gasteiger partial charge in [-0.2, -0.15) is 0 Å². The molecule has 0 fully saturated rings. The highest BCUT2D eigenvalue weighted by Gasteiger charge is 2.14. The van der Waals surface area contributed by atoms with E-state index in [0.29, 0.717) is 5.16 Å². The summed E-state index contributed by atoms with van der Waals surface area (Å²) < 4.78 is 2.01. The number of amides is 1. The fraction of sp³-hybridized carbons (Fsp3) is 0.267. The van der Waals surface area contributed by atoms with E-state index in [9.17, 15) is 4.79 Å². The van der Waals surface area contributed by atoms with Crippen molar-refractivity contribution in [2.45, 2.75) is 25.9 Å². The van der Waals surface area contributed by atoms with Gasteiger partial charge in [-0.15, -0.1) is 10.2 Å². The quantitative estimate of drug-likeness (QED) is 0.754. The number of carbonyl (C=O) groups excluding carboxylic acids is 1. The molecular weight excluding hydrogens is 284 g/mol. The second kappa shape index (κ2) is 5.04. The number of aryl methyl sites for hydroxylation is 3. The standard InChI is InChI=1S/C15H16N4OS/c1-8-4-9(2)11-6-10(3)14-17-18-15(21-7-13(16)20)19(14)12(11)5-8/h4-6H,7H2,1-3H3,(H2,16,20). The van der Waals surface area contributed by atoms with Gasteiger partial charge in [-0.25, -0.2) is 0 Å². The SMILES string of the molecule is Cc1cc(C)c2cc(C)c3nnc(SCC(N)=O)n3c2c1. The third-order valence-electron chi connectivity index (χ3n) is 3.44. The van der Waals surface area contributed by atoms with Gasteiger partial charge in [-0.05, 0) is 49.6 Å². The minimum atomic E-state index is -0.360. The largest absolute Gasteiger partial charge is 0.369 e. The predicted octanol–water partition coefficient (Wildman–Crippen LogP) is 2.39. The molecule has 0 atom stereocenters. The molecule has 3 aromatic rings. The summed E-state index contributed by atoms with van der Waals surface area (Å²) in [5.41, 5.74) is 10.6. The van der Waals surface area contributed by atoms with Gasteiger partial charge in [0.15, 0.2) is 10.8 Å². The van der Waals surface area contributed by atoms with E-state index >= 15 is 0 Å². The summed E-state index contributed by atoms with van der Waals surface area (Å²) in [7, 11) is 0. The van der Waals surface area contributed by atoms with Gasteiger partial charge in [0.05, 0.1) is 11.3 Å². The molecule has 0 aliphatic heterocycles. The number of thioether (sulfide) groups is 1. The van der Waals surface area contributed by atoms with Crippen LogP contribution in [0.3, 0.4) is 0 Å². The first-order valence-corrected chi connectivity index (χ1v) is 7.62. The summed E-state index contributed by atoms with van der Waals surface area (Å²) in [5, 5.41) is 10.3. The number of hydrogen-bond donors (Lipinski definition) is 1. The van der Waals surface area contributed by atoms with Crippen LogP contribution in [-0.4, -0.2) is 26.3 Å². The number of hydrogen-bond acceptors (Lipinski definition) is 4. The summed E-state index contributed by atoms with van der Waals surface area (Å²) in [6.07, 6.45) is 0. The summed E-state index contributed by atoms with van der Waals surface area (Å²) in [5.74, 6) is -0.165. The van der Waals surface area contributed by atoms with Gasteiger partial charge in [0, 0.05) is 5.39 Å². The molecule has 2 aromatic heterocycles. The van der Waals surface area contributed by atoms with Crippen molar-refractivity contribution in [2.24, 2.45) is 5.73 Å². The highest BCUT2D eigenvalue weighted by molar-refractivity contribution is 7.99. The Morgan fingerprint density at radius 2 is 1.95 bits per heavy atom. The predicted molar refractivity (Wildman–Crippen MR) is 84.6 cm³/mol. The molecule has 0 radical (unpaired) electrons. The molecule has 0 aliphatic carbocycles. The monoisotopic (exact) mass is 300 g/mol. The number of primary amides is 1. The molecule has 0 bridgehead atoms. The Balaban J connectivity index is 2.34. The number of benzene rings is 1. The van der Waals surface area contributed by atoms with Crippen LogP contribution in [0.4, 0.5) is 0 Å². The lowest BCUT2D eigenvalue weighted by atomic mass is 10.0. The summed E-state index contributed by atoms with van der Waals surface area (Å²) >= 11 is 1.31. The zero-order valence-electron chi connectivity index (χ0n) is 12.2. The van der Waals surface area contributed by atoms with Gasteiger partial charge in [-0.3, -0.25) is 9.20 Å². The molecule has 6 heteroatoms. The van der Waals surface area contributed by atoms with E-state index < -0.39 is 0 Å². The van der Waals surface area contributed by atoms with Gasteiger partial charge in [0.2, 0.25) is 5.91 Å². The Morgan fingerprint density at radius 3 is 2.67 bits per heavy atom. The molecule has 1 amide bonds. The molecular formula is C15H16N4OS. The lowest BCUT2D eigenvalue weighted by Gasteiger charge is -2.10. The Bertz CT molecular complexity index is 869. The number of fused-ring (bicyclic) bond motifs is 3. The van der Waals surface area contributed by atoms with Crippen molar-refractivity contribution in [1.82, 2.24) is 14.6 Å². The first-order valence-electron chi connectivity index (χ1n) is 6.64. The summed E-state index contributed by atoms with van der Waals surface area (Å²) in [6, 6.07) is 6.41. The zero-order valence-corrected chi connectivity index (χ0v) is 13.0. The third kappa shape index (κ3) is 2.35. The van der Waals surface area contributed by atoms with E-state index in [2.05, 4.69) is 42.2 Å². The lowest BCUT2D eigenvalue weighted by Crippen LogP contribution is -2.13. The maximum atomic E-state index is 11.0. The smallest absolute Gasteiger partial charge is 0.227 e. The molecule has 2 N–H and O–H groups in total. The van der Waals surface area contributed by atoms with Crippen LogP contribution < -0.4 is 5.73 Å². The van der Waals surface area contributed by atoms with Crippen molar-refractivity contribution in [3.63, 3.8) is 0 Å². The highest BCUT2D eigenvalue weighted by atomic mass is 32.2. The van der Waals surface area contributed by atoms with Crippen molar-refractivity contribution in [3.8, 4) is 0 Å². The number of aromatic nitrogens is 3. The van der Waals surface area contributed by atoms with Gasteiger partial charge in [-0.1, -0.05) is 17.8 Å². The molecule has 0 unspecified atom stereocenters. The van der Waals surface area contributed by atoms with E-state index in [0.717, 1.165) is 16.7 Å². The molecule has 1 aromatic carbocycles. The lowest BCUT2D eigenvalue weighted by molar-refractivity contribution is -0.115. The number of nitrogens with two attached hydrogens (primary N) is 1. The topological polar surface area (TPSA) is 73.3 Å². The van der Waals surface area contributed by atoms with Crippen molar-refractivity contribution >= 4 is 34.2 Å². The number of pyridine rings is 1. The van der Waals surface area contributed by atoms with Gasteiger partial charge < -0.3 is 5.73 Å². The van der Waals surface area contributed by atoms with Crippen LogP contribution in [0.15, 0.2) is 23.4 Å².